The van der Waals surface area contributed by atoms with Crippen molar-refractivity contribution in [1.82, 2.24) is 9.88 Å². The van der Waals surface area contributed by atoms with Crippen LogP contribution in [0.2, 0.25) is 0 Å². The molecule has 0 aliphatic rings. The number of nitrogens with zero attached hydrogens (tertiary/aromatic N) is 2. The van der Waals surface area contributed by atoms with Gasteiger partial charge in [-0.1, -0.05) is 31.5 Å². The van der Waals surface area contributed by atoms with Crippen LogP contribution >= 0.6 is 11.8 Å². The zero-order chi connectivity index (χ0) is 15.1. The molecule has 1 aromatic carbocycles. The topological polar surface area (TPSA) is 33.2 Å². The molecule has 1 amide bonds. The number of aromatic nitrogens is 1. The van der Waals surface area contributed by atoms with E-state index in [4.69, 9.17) is 0 Å². The molecule has 1 heterocycles. The molecule has 0 radical (unpaired) electrons. The Labute approximate surface area is 130 Å². The van der Waals surface area contributed by atoms with Crippen LogP contribution in [0.5, 0.6) is 0 Å². The number of thioether (sulfide) groups is 1. The van der Waals surface area contributed by atoms with Crippen LogP contribution in [0.25, 0.3) is 10.9 Å². The molecule has 0 fully saturated rings. The molecule has 2 aromatic rings. The van der Waals surface area contributed by atoms with Crippen molar-refractivity contribution in [3.63, 3.8) is 0 Å². The minimum atomic E-state index is 0.210. The third-order valence-corrected chi connectivity index (χ3v) is 4.40. The van der Waals surface area contributed by atoms with Crippen LogP contribution in [0, 0.1) is 0 Å². The van der Waals surface area contributed by atoms with Gasteiger partial charge in [-0.05, 0) is 24.1 Å². The van der Waals surface area contributed by atoms with Crippen molar-refractivity contribution < 1.29 is 4.79 Å². The van der Waals surface area contributed by atoms with Crippen LogP contribution in [0.1, 0.15) is 25.3 Å². The van der Waals surface area contributed by atoms with Gasteiger partial charge in [0.25, 0.3) is 0 Å². The second-order valence-electron chi connectivity index (χ2n) is 5.20. The van der Waals surface area contributed by atoms with E-state index in [0.717, 1.165) is 36.0 Å². The van der Waals surface area contributed by atoms with Crippen molar-refractivity contribution in [2.75, 3.05) is 19.3 Å². The number of amides is 1. The van der Waals surface area contributed by atoms with Gasteiger partial charge in [-0.3, -0.25) is 9.78 Å². The fourth-order valence-corrected chi connectivity index (χ4v) is 2.97. The second kappa shape index (κ2) is 8.03. The van der Waals surface area contributed by atoms with Crippen LogP contribution in [0.4, 0.5) is 0 Å². The monoisotopic (exact) mass is 302 g/mol. The maximum Gasteiger partial charge on any atom is 0.232 e. The number of benzene rings is 1. The Kier molecular flexibility index (Phi) is 6.05. The van der Waals surface area contributed by atoms with Crippen molar-refractivity contribution in [3.05, 3.63) is 42.1 Å². The van der Waals surface area contributed by atoms with E-state index in [-0.39, 0.29) is 5.91 Å². The normalized spacial score (nSPS) is 10.8. The predicted octanol–water partition coefficient (Wildman–Crippen LogP) is 3.73. The number of carbonyl (C=O) groups excluding carboxylic acids is 1. The molecule has 112 valence electrons. The lowest BCUT2D eigenvalue weighted by molar-refractivity contribution is -0.127. The first kappa shape index (κ1) is 15.8. The Balaban J connectivity index is 1.83. The number of fused-ring (bicyclic) bond motifs is 1. The molecular weight excluding hydrogens is 280 g/mol. The van der Waals surface area contributed by atoms with Gasteiger partial charge in [0.1, 0.15) is 0 Å². The third kappa shape index (κ3) is 4.74. The number of hydrogen-bond acceptors (Lipinski definition) is 3. The molecule has 21 heavy (non-hydrogen) atoms. The predicted molar refractivity (Wildman–Crippen MR) is 90.5 cm³/mol. The lowest BCUT2D eigenvalue weighted by Crippen LogP contribution is -2.29. The molecule has 0 unspecified atom stereocenters. The summed E-state index contributed by atoms with van der Waals surface area (Å²) in [5.41, 5.74) is 2.18. The van der Waals surface area contributed by atoms with Crippen LogP contribution in [-0.4, -0.2) is 35.1 Å². The Morgan fingerprint density at radius 1 is 1.33 bits per heavy atom. The lowest BCUT2D eigenvalue weighted by Gasteiger charge is -2.16. The summed E-state index contributed by atoms with van der Waals surface area (Å²) in [5.74, 6) is 1.57. The number of carbonyl (C=O) groups is 1. The first-order valence-corrected chi connectivity index (χ1v) is 8.51. The largest absolute Gasteiger partial charge is 0.345 e. The van der Waals surface area contributed by atoms with Gasteiger partial charge in [0.2, 0.25) is 5.91 Å². The van der Waals surface area contributed by atoms with E-state index in [9.17, 15) is 4.79 Å². The minimum absolute atomic E-state index is 0.210. The summed E-state index contributed by atoms with van der Waals surface area (Å²) in [5, 5.41) is 1.15. The molecule has 0 aliphatic carbocycles. The molecule has 0 saturated heterocycles. The molecule has 2 rings (SSSR count). The molecule has 0 bridgehead atoms. The molecule has 1 aromatic heterocycles. The van der Waals surface area contributed by atoms with Gasteiger partial charge in [-0.2, -0.15) is 0 Å². The van der Waals surface area contributed by atoms with Gasteiger partial charge >= 0.3 is 0 Å². The molecule has 3 nitrogen and oxygen atoms in total. The molecule has 0 N–H and O–H groups in total. The van der Waals surface area contributed by atoms with E-state index < -0.39 is 0 Å². The maximum atomic E-state index is 11.9. The third-order valence-electron chi connectivity index (χ3n) is 3.41. The second-order valence-corrected chi connectivity index (χ2v) is 6.18. The highest BCUT2D eigenvalue weighted by Crippen LogP contribution is 2.17. The SMILES string of the molecule is CCCCN(C)C(=O)CSCc1cnc2ccccc2c1. The average Bonchev–Trinajstić information content (AvgIpc) is 2.52. The molecule has 0 saturated carbocycles. The maximum absolute atomic E-state index is 11.9. The van der Waals surface area contributed by atoms with Gasteiger partial charge in [0.15, 0.2) is 0 Å². The minimum Gasteiger partial charge on any atom is -0.345 e. The molecule has 0 atom stereocenters. The number of hydrogen-bond donors (Lipinski definition) is 0. The smallest absolute Gasteiger partial charge is 0.232 e. The molecule has 4 heteroatoms. The quantitative estimate of drug-likeness (QED) is 0.781. The van der Waals surface area contributed by atoms with Crippen molar-refractivity contribution in [2.24, 2.45) is 0 Å². The fraction of sp³-hybridized carbons (Fsp3) is 0.412. The Hall–Kier alpha value is -1.55. The summed E-state index contributed by atoms with van der Waals surface area (Å²) in [6.07, 6.45) is 4.09. The Bertz CT molecular complexity index is 600. The van der Waals surface area contributed by atoms with Crippen molar-refractivity contribution in [2.45, 2.75) is 25.5 Å². The van der Waals surface area contributed by atoms with Crippen molar-refractivity contribution in [3.8, 4) is 0 Å². The molecule has 0 spiro atoms. The van der Waals surface area contributed by atoms with Crippen LogP contribution in [0.3, 0.4) is 0 Å². The van der Waals surface area contributed by atoms with Crippen LogP contribution in [-0.2, 0) is 10.5 Å². The summed E-state index contributed by atoms with van der Waals surface area (Å²) in [7, 11) is 1.89. The summed E-state index contributed by atoms with van der Waals surface area (Å²) in [6.45, 7) is 2.99. The van der Waals surface area contributed by atoms with Crippen molar-refractivity contribution in [1.29, 1.82) is 0 Å². The lowest BCUT2D eigenvalue weighted by atomic mass is 10.2. The first-order chi connectivity index (χ1) is 10.2. The van der Waals surface area contributed by atoms with E-state index in [2.05, 4.69) is 24.0 Å². The first-order valence-electron chi connectivity index (χ1n) is 7.36. The van der Waals surface area contributed by atoms with Crippen LogP contribution < -0.4 is 0 Å². The van der Waals surface area contributed by atoms with E-state index in [0.29, 0.717) is 5.75 Å². The van der Waals surface area contributed by atoms with Gasteiger partial charge in [-0.15, -0.1) is 11.8 Å². The van der Waals surface area contributed by atoms with Crippen LogP contribution in [0.15, 0.2) is 36.5 Å². The number of para-hydroxylation sites is 1. The number of pyridine rings is 1. The standard InChI is InChI=1S/C17H22N2OS/c1-3-4-9-19(2)17(20)13-21-12-14-10-15-7-5-6-8-16(15)18-11-14/h5-8,10-11H,3-4,9,12-13H2,1-2H3. The average molecular weight is 302 g/mol. The Morgan fingerprint density at radius 2 is 2.14 bits per heavy atom. The highest BCUT2D eigenvalue weighted by molar-refractivity contribution is 7.99. The van der Waals surface area contributed by atoms with Gasteiger partial charge < -0.3 is 4.90 Å². The zero-order valence-corrected chi connectivity index (χ0v) is 13.5. The van der Waals surface area contributed by atoms with E-state index in [1.807, 2.05) is 36.3 Å². The summed E-state index contributed by atoms with van der Waals surface area (Å²) >= 11 is 1.65. The fourth-order valence-electron chi connectivity index (χ4n) is 2.08. The molecule has 0 aliphatic heterocycles. The van der Waals surface area contributed by atoms with E-state index in [1.165, 1.54) is 5.56 Å². The Morgan fingerprint density at radius 3 is 2.95 bits per heavy atom. The van der Waals surface area contributed by atoms with Gasteiger partial charge in [0, 0.05) is 30.9 Å². The summed E-state index contributed by atoms with van der Waals surface area (Å²) in [4.78, 5) is 18.2. The summed E-state index contributed by atoms with van der Waals surface area (Å²) < 4.78 is 0. The number of unbranched alkanes of at least 4 members (excludes halogenated alkanes) is 1. The summed E-state index contributed by atoms with van der Waals surface area (Å²) in [6, 6.07) is 10.3. The zero-order valence-electron chi connectivity index (χ0n) is 12.7. The highest BCUT2D eigenvalue weighted by atomic mass is 32.2. The van der Waals surface area contributed by atoms with E-state index in [1.54, 1.807) is 11.8 Å². The van der Waals surface area contributed by atoms with Crippen molar-refractivity contribution >= 4 is 28.6 Å². The van der Waals surface area contributed by atoms with E-state index >= 15 is 0 Å². The number of rotatable bonds is 7. The highest BCUT2D eigenvalue weighted by Gasteiger charge is 2.08. The van der Waals surface area contributed by atoms with Gasteiger partial charge in [0.05, 0.1) is 11.3 Å². The van der Waals surface area contributed by atoms with Gasteiger partial charge in [-0.25, -0.2) is 0 Å². The molecular formula is C17H22N2OS.